The molecule has 0 atom stereocenters. The van der Waals surface area contributed by atoms with E-state index in [2.05, 4.69) is 55.3 Å². The minimum absolute atomic E-state index is 0.270. The van der Waals surface area contributed by atoms with Gasteiger partial charge in [0.1, 0.15) is 5.75 Å². The van der Waals surface area contributed by atoms with Gasteiger partial charge in [-0.3, -0.25) is 4.79 Å². The predicted octanol–water partition coefficient (Wildman–Crippen LogP) is 3.69. The molecule has 0 aliphatic carbocycles. The number of ether oxygens (including phenoxy) is 2. The van der Waals surface area contributed by atoms with Gasteiger partial charge in [-0.25, -0.2) is 4.98 Å². The molecule has 3 aromatic rings. The molecule has 11 heteroatoms. The molecule has 0 spiro atoms. The molecule has 210 valence electrons. The average Bonchev–Trinajstić information content (AvgIpc) is 2.98. The van der Waals surface area contributed by atoms with Crippen LogP contribution in [0, 0.1) is 0 Å². The number of likely N-dealkylation sites (N-methyl/N-ethyl adjacent to an activating group) is 1. The smallest absolute Gasteiger partial charge is 0.247 e. The molecule has 11 nitrogen and oxygen atoms in total. The van der Waals surface area contributed by atoms with E-state index in [0.29, 0.717) is 30.7 Å². The number of methoxy groups -OCH3 is 1. The molecular formula is C29H36N8O3. The minimum atomic E-state index is -0.270. The number of carbonyl (C=O) groups is 1. The summed E-state index contributed by atoms with van der Waals surface area (Å²) >= 11 is 0. The van der Waals surface area contributed by atoms with Crippen LogP contribution in [0.25, 0.3) is 0 Å². The summed E-state index contributed by atoms with van der Waals surface area (Å²) in [5.41, 5.74) is 4.21. The van der Waals surface area contributed by atoms with E-state index in [1.807, 2.05) is 42.6 Å². The topological polar surface area (TPSA) is 107 Å². The van der Waals surface area contributed by atoms with Gasteiger partial charge in [0.05, 0.1) is 37.9 Å². The summed E-state index contributed by atoms with van der Waals surface area (Å²) in [6.45, 7) is 10.2. The van der Waals surface area contributed by atoms with Gasteiger partial charge in [0.15, 0.2) is 5.82 Å². The molecule has 2 aromatic carbocycles. The van der Waals surface area contributed by atoms with Crippen LogP contribution in [0.15, 0.2) is 61.3 Å². The number of nitrogens with zero attached hydrogens (tertiary/aromatic N) is 5. The summed E-state index contributed by atoms with van der Waals surface area (Å²) < 4.78 is 11.3. The molecular weight excluding hydrogens is 508 g/mol. The Hall–Kier alpha value is -4.35. The van der Waals surface area contributed by atoms with E-state index in [9.17, 15) is 4.79 Å². The van der Waals surface area contributed by atoms with Crippen LogP contribution in [-0.2, 0) is 9.53 Å². The maximum atomic E-state index is 11.8. The number of rotatable bonds is 9. The van der Waals surface area contributed by atoms with Crippen molar-refractivity contribution in [1.82, 2.24) is 14.9 Å². The number of anilines is 7. The molecule has 2 aliphatic rings. The number of hydrogen-bond donors (Lipinski definition) is 3. The molecule has 0 unspecified atom stereocenters. The fourth-order valence-electron chi connectivity index (χ4n) is 4.76. The van der Waals surface area contributed by atoms with E-state index in [1.165, 1.54) is 6.08 Å². The summed E-state index contributed by atoms with van der Waals surface area (Å²) in [4.78, 5) is 28.1. The van der Waals surface area contributed by atoms with Crippen LogP contribution in [0.1, 0.15) is 0 Å². The number of amides is 1. The maximum Gasteiger partial charge on any atom is 0.247 e. The van der Waals surface area contributed by atoms with Crippen molar-refractivity contribution in [3.8, 4) is 5.75 Å². The van der Waals surface area contributed by atoms with Crippen molar-refractivity contribution in [3.05, 3.63) is 61.3 Å². The summed E-state index contributed by atoms with van der Waals surface area (Å²) in [6.07, 6.45) is 3.06. The quantitative estimate of drug-likeness (QED) is 0.345. The molecule has 0 radical (unpaired) electrons. The lowest BCUT2D eigenvalue weighted by molar-refractivity contribution is -0.111. The predicted molar refractivity (Wildman–Crippen MR) is 160 cm³/mol. The van der Waals surface area contributed by atoms with Crippen LogP contribution in [0.3, 0.4) is 0 Å². The first kappa shape index (κ1) is 27.2. The molecule has 2 saturated heterocycles. The number of carbonyl (C=O) groups excluding carboxylic acids is 1. The van der Waals surface area contributed by atoms with Gasteiger partial charge in [-0.1, -0.05) is 12.6 Å². The molecule has 1 amide bonds. The van der Waals surface area contributed by atoms with Crippen molar-refractivity contribution >= 4 is 46.1 Å². The Bertz CT molecular complexity index is 1340. The second-order valence-corrected chi connectivity index (χ2v) is 9.73. The van der Waals surface area contributed by atoms with E-state index < -0.39 is 0 Å². The van der Waals surface area contributed by atoms with Crippen molar-refractivity contribution < 1.29 is 14.3 Å². The van der Waals surface area contributed by atoms with Gasteiger partial charge in [0, 0.05) is 62.4 Å². The number of benzene rings is 2. The Morgan fingerprint density at radius 1 is 0.950 bits per heavy atom. The third kappa shape index (κ3) is 6.61. The highest BCUT2D eigenvalue weighted by atomic mass is 16.5. The van der Waals surface area contributed by atoms with Gasteiger partial charge in [-0.2, -0.15) is 4.98 Å². The highest BCUT2D eigenvalue weighted by Gasteiger charge is 2.20. The summed E-state index contributed by atoms with van der Waals surface area (Å²) in [7, 11) is 3.84. The maximum absolute atomic E-state index is 11.8. The molecule has 3 N–H and O–H groups in total. The van der Waals surface area contributed by atoms with Crippen LogP contribution in [-0.4, -0.2) is 87.4 Å². The molecule has 2 fully saturated rings. The van der Waals surface area contributed by atoms with Crippen LogP contribution < -0.4 is 30.5 Å². The average molecular weight is 545 g/mol. The van der Waals surface area contributed by atoms with E-state index in [4.69, 9.17) is 14.5 Å². The van der Waals surface area contributed by atoms with Crippen LogP contribution in [0.4, 0.5) is 40.2 Å². The van der Waals surface area contributed by atoms with Crippen molar-refractivity contribution in [2.24, 2.45) is 0 Å². The number of aromatic nitrogens is 2. The minimum Gasteiger partial charge on any atom is -0.495 e. The third-order valence-corrected chi connectivity index (χ3v) is 6.98. The molecule has 5 rings (SSSR count). The second-order valence-electron chi connectivity index (χ2n) is 9.73. The second kappa shape index (κ2) is 12.7. The molecule has 1 aromatic heterocycles. The van der Waals surface area contributed by atoms with E-state index in [1.54, 1.807) is 7.11 Å². The van der Waals surface area contributed by atoms with E-state index in [0.717, 1.165) is 67.8 Å². The van der Waals surface area contributed by atoms with Gasteiger partial charge in [-0.05, 0) is 43.5 Å². The fourth-order valence-corrected chi connectivity index (χ4v) is 4.76. The summed E-state index contributed by atoms with van der Waals surface area (Å²) in [5.74, 6) is 1.63. The zero-order chi connectivity index (χ0) is 27.9. The van der Waals surface area contributed by atoms with Crippen LogP contribution in [0.2, 0.25) is 0 Å². The van der Waals surface area contributed by atoms with E-state index in [-0.39, 0.29) is 5.91 Å². The van der Waals surface area contributed by atoms with Gasteiger partial charge in [0.2, 0.25) is 11.9 Å². The first-order valence-corrected chi connectivity index (χ1v) is 13.4. The van der Waals surface area contributed by atoms with Gasteiger partial charge in [0.25, 0.3) is 0 Å². The lowest BCUT2D eigenvalue weighted by Gasteiger charge is -2.34. The van der Waals surface area contributed by atoms with Crippen LogP contribution >= 0.6 is 0 Å². The summed E-state index contributed by atoms with van der Waals surface area (Å²) in [6, 6.07) is 13.5. The number of hydrogen-bond acceptors (Lipinski definition) is 10. The Morgan fingerprint density at radius 2 is 1.68 bits per heavy atom. The van der Waals surface area contributed by atoms with Gasteiger partial charge >= 0.3 is 0 Å². The Kier molecular flexibility index (Phi) is 8.62. The molecule has 40 heavy (non-hydrogen) atoms. The normalized spacial score (nSPS) is 15.8. The zero-order valence-corrected chi connectivity index (χ0v) is 23.0. The highest BCUT2D eigenvalue weighted by molar-refractivity contribution is 5.99. The largest absolute Gasteiger partial charge is 0.495 e. The van der Waals surface area contributed by atoms with Crippen molar-refractivity contribution in [2.45, 2.75) is 0 Å². The number of morpholine rings is 1. The first-order chi connectivity index (χ1) is 19.5. The van der Waals surface area contributed by atoms with Crippen molar-refractivity contribution in [3.63, 3.8) is 0 Å². The molecule has 0 bridgehead atoms. The zero-order valence-electron chi connectivity index (χ0n) is 23.0. The Balaban J connectivity index is 1.39. The van der Waals surface area contributed by atoms with Crippen LogP contribution in [0.5, 0.6) is 5.75 Å². The summed E-state index contributed by atoms with van der Waals surface area (Å²) in [5, 5.41) is 9.55. The standard InChI is InChI=1S/C29H36N8O3/c1-4-27(38)31-21-6-5-7-22(18-21)32-28-25(37-14-16-40-17-15-37)20-30-29(34-28)33-23-8-9-24(26(19-23)39-3)36-12-10-35(2)11-13-36/h4-9,18-20H,1,10-17H2,2-3H3,(H,31,38)(H2,30,32,33,34). The lowest BCUT2D eigenvalue weighted by Crippen LogP contribution is -2.44. The number of nitrogens with one attached hydrogen (secondary N) is 3. The molecule has 2 aliphatic heterocycles. The van der Waals surface area contributed by atoms with Gasteiger partial charge in [-0.15, -0.1) is 0 Å². The SMILES string of the molecule is C=CC(=O)Nc1cccc(Nc2nc(Nc3ccc(N4CCN(C)CC4)c(OC)c3)ncc2N2CCOCC2)c1. The number of piperazine rings is 1. The lowest BCUT2D eigenvalue weighted by atomic mass is 10.2. The van der Waals surface area contributed by atoms with E-state index >= 15 is 0 Å². The Morgan fingerprint density at radius 3 is 2.42 bits per heavy atom. The first-order valence-electron chi connectivity index (χ1n) is 13.4. The van der Waals surface area contributed by atoms with Crippen molar-refractivity contribution in [1.29, 1.82) is 0 Å². The molecule has 0 saturated carbocycles. The van der Waals surface area contributed by atoms with Crippen molar-refractivity contribution in [2.75, 3.05) is 92.4 Å². The molecule has 3 heterocycles. The third-order valence-electron chi connectivity index (χ3n) is 6.98. The fraction of sp³-hybridized carbons (Fsp3) is 0.345. The monoisotopic (exact) mass is 544 g/mol. The Labute approximate surface area is 234 Å². The van der Waals surface area contributed by atoms with Gasteiger partial charge < -0.3 is 40.1 Å². The highest BCUT2D eigenvalue weighted by Crippen LogP contribution is 2.34.